The molecule has 0 unspecified atom stereocenters. The smallest absolute Gasteiger partial charge is 0.0466 e. The van der Waals surface area contributed by atoms with E-state index in [9.17, 15) is 0 Å². The van der Waals surface area contributed by atoms with Gasteiger partial charge in [0.2, 0.25) is 0 Å². The summed E-state index contributed by atoms with van der Waals surface area (Å²) in [5, 5.41) is 3.50. The summed E-state index contributed by atoms with van der Waals surface area (Å²) >= 11 is 0. The number of ether oxygens (including phenoxy) is 1. The maximum Gasteiger partial charge on any atom is 0.0466 e. The van der Waals surface area contributed by atoms with Crippen LogP contribution in [0.3, 0.4) is 0 Å². The van der Waals surface area contributed by atoms with Gasteiger partial charge in [0.05, 0.1) is 0 Å². The summed E-state index contributed by atoms with van der Waals surface area (Å²) < 4.78 is 5.37. The topological polar surface area (TPSA) is 21.3 Å². The first-order valence-electron chi connectivity index (χ1n) is 4.74. The Balaban J connectivity index is 2.15. The van der Waals surface area contributed by atoms with Crippen molar-refractivity contribution in [2.24, 2.45) is 0 Å². The van der Waals surface area contributed by atoms with Gasteiger partial charge in [0.15, 0.2) is 0 Å². The second kappa shape index (κ2) is 5.56. The minimum Gasteiger partial charge on any atom is -0.381 e. The summed E-state index contributed by atoms with van der Waals surface area (Å²) in [7, 11) is 0. The van der Waals surface area contributed by atoms with E-state index in [1.807, 2.05) is 0 Å². The number of nitrogens with one attached hydrogen (secondary N) is 1. The van der Waals surface area contributed by atoms with E-state index < -0.39 is 0 Å². The molecule has 1 N–H and O–H groups in total. The highest BCUT2D eigenvalue weighted by Crippen LogP contribution is 2.08. The highest BCUT2D eigenvalue weighted by atomic mass is 16.5. The van der Waals surface area contributed by atoms with Crippen molar-refractivity contribution in [3.63, 3.8) is 0 Å². The van der Waals surface area contributed by atoms with Crippen LogP contribution in [0.5, 0.6) is 0 Å². The Morgan fingerprint density at radius 2 is 1.91 bits per heavy atom. The van der Waals surface area contributed by atoms with Gasteiger partial charge < -0.3 is 10.1 Å². The van der Waals surface area contributed by atoms with Crippen LogP contribution in [0.15, 0.2) is 0 Å². The first-order valence-corrected chi connectivity index (χ1v) is 4.74. The lowest BCUT2D eigenvalue weighted by Crippen LogP contribution is -2.30. The number of rotatable bonds is 2. The molecule has 1 saturated heterocycles. The van der Waals surface area contributed by atoms with Crippen molar-refractivity contribution in [1.29, 1.82) is 0 Å². The normalized spacial score (nSPS) is 22.6. The summed E-state index contributed by atoms with van der Waals surface area (Å²) in [4.78, 5) is 0. The van der Waals surface area contributed by atoms with E-state index in [2.05, 4.69) is 12.2 Å². The maximum atomic E-state index is 5.37. The molecule has 1 rings (SSSR count). The van der Waals surface area contributed by atoms with Crippen LogP contribution in [0.2, 0.25) is 0 Å². The molecule has 0 spiro atoms. The van der Waals surface area contributed by atoms with E-state index >= 15 is 0 Å². The first-order chi connectivity index (χ1) is 5.43. The number of hydrogen-bond acceptors (Lipinski definition) is 2. The molecule has 0 aromatic carbocycles. The van der Waals surface area contributed by atoms with Crippen molar-refractivity contribution in [3.8, 4) is 0 Å². The summed E-state index contributed by atoms with van der Waals surface area (Å²) in [5.41, 5.74) is 0. The van der Waals surface area contributed by atoms with Crippen LogP contribution >= 0.6 is 0 Å². The Morgan fingerprint density at radius 3 is 2.45 bits per heavy atom. The molecule has 1 heterocycles. The molecule has 0 saturated carbocycles. The van der Waals surface area contributed by atoms with Gasteiger partial charge in [-0.2, -0.15) is 0 Å². The fraction of sp³-hybridized carbons (Fsp3) is 1.00. The molecule has 1 fully saturated rings. The maximum absolute atomic E-state index is 5.37. The predicted octanol–water partition coefficient (Wildman–Crippen LogP) is 1.56. The van der Waals surface area contributed by atoms with Crippen molar-refractivity contribution in [2.75, 3.05) is 19.8 Å². The Labute approximate surface area is 69.3 Å². The van der Waals surface area contributed by atoms with E-state index in [1.165, 1.54) is 25.7 Å². The lowest BCUT2D eigenvalue weighted by atomic mass is 10.1. The first kappa shape index (κ1) is 9.01. The van der Waals surface area contributed by atoms with Gasteiger partial charge in [-0.25, -0.2) is 0 Å². The van der Waals surface area contributed by atoms with Crippen molar-refractivity contribution < 1.29 is 4.74 Å². The van der Waals surface area contributed by atoms with E-state index in [0.29, 0.717) is 0 Å². The van der Waals surface area contributed by atoms with E-state index in [-0.39, 0.29) is 0 Å². The summed E-state index contributed by atoms with van der Waals surface area (Å²) in [5.74, 6) is 0. The molecular formula is C9H19NO. The molecule has 2 nitrogen and oxygen atoms in total. The van der Waals surface area contributed by atoms with Gasteiger partial charge in [-0.3, -0.25) is 0 Å². The highest BCUT2D eigenvalue weighted by Gasteiger charge is 2.08. The van der Waals surface area contributed by atoms with Gasteiger partial charge >= 0.3 is 0 Å². The second-order valence-electron chi connectivity index (χ2n) is 3.15. The van der Waals surface area contributed by atoms with Gasteiger partial charge in [-0.1, -0.05) is 6.92 Å². The average Bonchev–Trinajstić information content (AvgIpc) is 1.94. The van der Waals surface area contributed by atoms with Gasteiger partial charge in [0, 0.05) is 19.3 Å². The minimum absolute atomic E-state index is 0.754. The molecule has 0 amide bonds. The standard InChI is InChI=1S/C9H19NO/c1-2-10-9-5-3-7-11-8-4-6-9/h9-10H,2-8H2,1H3. The zero-order valence-electron chi connectivity index (χ0n) is 7.44. The second-order valence-corrected chi connectivity index (χ2v) is 3.15. The number of hydrogen-bond donors (Lipinski definition) is 1. The minimum atomic E-state index is 0.754. The highest BCUT2D eigenvalue weighted by molar-refractivity contribution is 4.67. The van der Waals surface area contributed by atoms with E-state index in [1.54, 1.807) is 0 Å². The molecule has 0 aliphatic carbocycles. The summed E-state index contributed by atoms with van der Waals surface area (Å²) in [6, 6.07) is 0.754. The third-order valence-electron chi connectivity index (χ3n) is 2.18. The molecule has 0 bridgehead atoms. The van der Waals surface area contributed by atoms with Gasteiger partial charge in [0.25, 0.3) is 0 Å². The Kier molecular flexibility index (Phi) is 4.55. The van der Waals surface area contributed by atoms with Crippen LogP contribution in [0, 0.1) is 0 Å². The van der Waals surface area contributed by atoms with E-state index in [0.717, 1.165) is 25.8 Å². The molecule has 0 atom stereocenters. The molecule has 11 heavy (non-hydrogen) atoms. The van der Waals surface area contributed by atoms with E-state index in [4.69, 9.17) is 4.74 Å². The third kappa shape index (κ3) is 3.73. The zero-order valence-corrected chi connectivity index (χ0v) is 7.44. The third-order valence-corrected chi connectivity index (χ3v) is 2.18. The lowest BCUT2D eigenvalue weighted by Gasteiger charge is -2.20. The fourth-order valence-corrected chi connectivity index (χ4v) is 1.60. The van der Waals surface area contributed by atoms with Crippen molar-refractivity contribution in [1.82, 2.24) is 5.32 Å². The molecule has 1 aliphatic rings. The van der Waals surface area contributed by atoms with Gasteiger partial charge in [-0.05, 0) is 32.2 Å². The summed E-state index contributed by atoms with van der Waals surface area (Å²) in [6.07, 6.45) is 5.01. The van der Waals surface area contributed by atoms with Crippen LogP contribution in [0.1, 0.15) is 32.6 Å². The predicted molar refractivity (Wildman–Crippen MR) is 46.8 cm³/mol. The van der Waals surface area contributed by atoms with Crippen LogP contribution in [-0.4, -0.2) is 25.8 Å². The van der Waals surface area contributed by atoms with Crippen LogP contribution < -0.4 is 5.32 Å². The molecule has 1 aliphatic heterocycles. The van der Waals surface area contributed by atoms with Crippen LogP contribution in [0.4, 0.5) is 0 Å². The van der Waals surface area contributed by atoms with Crippen molar-refractivity contribution >= 4 is 0 Å². The molecular weight excluding hydrogens is 138 g/mol. The Hall–Kier alpha value is -0.0800. The van der Waals surface area contributed by atoms with Crippen LogP contribution in [-0.2, 0) is 4.74 Å². The Bertz CT molecular complexity index is 87.6. The summed E-state index contributed by atoms with van der Waals surface area (Å²) in [6.45, 7) is 5.20. The lowest BCUT2D eigenvalue weighted by molar-refractivity contribution is 0.109. The molecule has 66 valence electrons. The van der Waals surface area contributed by atoms with Crippen molar-refractivity contribution in [2.45, 2.75) is 38.6 Å². The monoisotopic (exact) mass is 157 g/mol. The van der Waals surface area contributed by atoms with Gasteiger partial charge in [-0.15, -0.1) is 0 Å². The molecule has 0 aromatic rings. The van der Waals surface area contributed by atoms with Gasteiger partial charge in [0.1, 0.15) is 0 Å². The Morgan fingerprint density at radius 1 is 1.27 bits per heavy atom. The molecule has 2 heteroatoms. The molecule has 0 radical (unpaired) electrons. The van der Waals surface area contributed by atoms with Crippen LogP contribution in [0.25, 0.3) is 0 Å². The molecule has 0 aromatic heterocycles. The quantitative estimate of drug-likeness (QED) is 0.656. The SMILES string of the molecule is CCNC1CCCOCCC1. The fourth-order valence-electron chi connectivity index (χ4n) is 1.60. The van der Waals surface area contributed by atoms with Crippen molar-refractivity contribution in [3.05, 3.63) is 0 Å². The average molecular weight is 157 g/mol. The largest absolute Gasteiger partial charge is 0.381 e. The zero-order chi connectivity index (χ0) is 7.94.